The van der Waals surface area contributed by atoms with Crippen LogP contribution in [0.15, 0.2) is 48.5 Å². The Hall–Kier alpha value is -2.05. The van der Waals surface area contributed by atoms with Crippen molar-refractivity contribution in [2.45, 2.75) is 13.1 Å². The first-order valence-corrected chi connectivity index (χ1v) is 11.1. The molecule has 0 bridgehead atoms. The molecule has 30 heavy (non-hydrogen) atoms. The number of carbonyl (C=O) groups is 1. The van der Waals surface area contributed by atoms with E-state index in [1.54, 1.807) is 0 Å². The van der Waals surface area contributed by atoms with Crippen molar-refractivity contribution in [1.82, 2.24) is 19.6 Å². The molecular weight excluding hydrogens is 372 g/mol. The first kappa shape index (κ1) is 21.2. The lowest BCUT2D eigenvalue weighted by Gasteiger charge is -2.32. The minimum absolute atomic E-state index is 0.104. The van der Waals surface area contributed by atoms with Gasteiger partial charge in [0.15, 0.2) is 5.78 Å². The first-order valence-electron chi connectivity index (χ1n) is 11.1. The van der Waals surface area contributed by atoms with Gasteiger partial charge < -0.3 is 9.80 Å². The highest BCUT2D eigenvalue weighted by Crippen LogP contribution is 2.15. The second kappa shape index (κ2) is 9.84. The molecule has 2 aromatic rings. The quantitative estimate of drug-likeness (QED) is 0.688. The Kier molecular flexibility index (Phi) is 6.95. The molecule has 2 aliphatic rings. The number of benzene rings is 2. The Morgan fingerprint density at radius 2 is 0.933 bits per heavy atom. The van der Waals surface area contributed by atoms with E-state index in [1.807, 2.05) is 24.3 Å². The van der Waals surface area contributed by atoms with E-state index in [2.05, 4.69) is 58.0 Å². The zero-order chi connectivity index (χ0) is 20.9. The lowest BCUT2D eigenvalue weighted by molar-refractivity contribution is 0.103. The molecule has 0 amide bonds. The molecule has 5 nitrogen and oxygen atoms in total. The van der Waals surface area contributed by atoms with E-state index in [9.17, 15) is 4.79 Å². The summed E-state index contributed by atoms with van der Waals surface area (Å²) in [6, 6.07) is 16.3. The molecule has 2 heterocycles. The summed E-state index contributed by atoms with van der Waals surface area (Å²) in [6.45, 7) is 10.9. The Balaban J connectivity index is 1.32. The third kappa shape index (κ3) is 5.55. The topological polar surface area (TPSA) is 30.0 Å². The molecule has 4 rings (SSSR count). The monoisotopic (exact) mass is 406 g/mol. The van der Waals surface area contributed by atoms with Crippen LogP contribution < -0.4 is 0 Å². The van der Waals surface area contributed by atoms with Gasteiger partial charge in [0.25, 0.3) is 0 Å². The van der Waals surface area contributed by atoms with E-state index in [1.165, 1.54) is 11.1 Å². The fourth-order valence-corrected chi connectivity index (χ4v) is 4.22. The Bertz CT molecular complexity index is 748. The van der Waals surface area contributed by atoms with Gasteiger partial charge in [-0.15, -0.1) is 0 Å². The summed E-state index contributed by atoms with van der Waals surface area (Å²) in [4.78, 5) is 22.6. The van der Waals surface area contributed by atoms with Crippen molar-refractivity contribution < 1.29 is 4.79 Å². The van der Waals surface area contributed by atoms with Gasteiger partial charge in [-0.05, 0) is 25.2 Å². The van der Waals surface area contributed by atoms with Crippen molar-refractivity contribution in [2.75, 3.05) is 66.5 Å². The van der Waals surface area contributed by atoms with Crippen LogP contribution in [0.4, 0.5) is 0 Å². The molecule has 0 atom stereocenters. The smallest absolute Gasteiger partial charge is 0.193 e. The second-order valence-electron chi connectivity index (χ2n) is 8.88. The Morgan fingerprint density at radius 3 is 1.27 bits per heavy atom. The summed E-state index contributed by atoms with van der Waals surface area (Å²) in [6.07, 6.45) is 0. The molecule has 0 aliphatic carbocycles. The number of hydrogen-bond acceptors (Lipinski definition) is 5. The molecule has 2 fully saturated rings. The van der Waals surface area contributed by atoms with Crippen LogP contribution in [0.25, 0.3) is 0 Å². The fraction of sp³-hybridized carbons (Fsp3) is 0.480. The van der Waals surface area contributed by atoms with E-state index >= 15 is 0 Å². The number of likely N-dealkylation sites (N-methyl/N-ethyl adjacent to an activating group) is 2. The number of hydrogen-bond donors (Lipinski definition) is 0. The van der Waals surface area contributed by atoms with Gasteiger partial charge in [-0.1, -0.05) is 48.5 Å². The maximum atomic E-state index is 12.9. The number of ketones is 1. The lowest BCUT2D eigenvalue weighted by Crippen LogP contribution is -2.43. The predicted molar refractivity (Wildman–Crippen MR) is 122 cm³/mol. The van der Waals surface area contributed by atoms with Gasteiger partial charge >= 0.3 is 0 Å². The van der Waals surface area contributed by atoms with Gasteiger partial charge in [0, 0.05) is 76.6 Å². The molecule has 0 aromatic heterocycles. The number of nitrogens with zero attached hydrogens (tertiary/aromatic N) is 4. The van der Waals surface area contributed by atoms with Crippen LogP contribution >= 0.6 is 0 Å². The van der Waals surface area contributed by atoms with Crippen molar-refractivity contribution in [3.63, 3.8) is 0 Å². The minimum Gasteiger partial charge on any atom is -0.304 e. The van der Waals surface area contributed by atoms with Crippen LogP contribution in [0.2, 0.25) is 0 Å². The predicted octanol–water partition coefficient (Wildman–Crippen LogP) is 2.41. The number of carbonyl (C=O) groups excluding carboxylic acids is 1. The van der Waals surface area contributed by atoms with Gasteiger partial charge in [-0.25, -0.2) is 0 Å². The summed E-state index contributed by atoms with van der Waals surface area (Å²) in [7, 11) is 4.35. The first-order chi connectivity index (χ1) is 14.6. The van der Waals surface area contributed by atoms with Gasteiger partial charge in [0.2, 0.25) is 0 Å². The maximum absolute atomic E-state index is 12.9. The zero-order valence-electron chi connectivity index (χ0n) is 18.4. The summed E-state index contributed by atoms with van der Waals surface area (Å²) in [5.41, 5.74) is 4.09. The zero-order valence-corrected chi connectivity index (χ0v) is 18.4. The van der Waals surface area contributed by atoms with Crippen LogP contribution in [0, 0.1) is 0 Å². The van der Waals surface area contributed by atoms with E-state index in [0.29, 0.717) is 0 Å². The van der Waals surface area contributed by atoms with Crippen molar-refractivity contribution in [2.24, 2.45) is 0 Å². The molecule has 0 radical (unpaired) electrons. The summed E-state index contributed by atoms with van der Waals surface area (Å²) in [5.74, 6) is 0.104. The minimum atomic E-state index is 0.104. The van der Waals surface area contributed by atoms with E-state index in [0.717, 1.165) is 76.6 Å². The third-order valence-electron chi connectivity index (χ3n) is 6.44. The molecule has 0 spiro atoms. The molecule has 2 aliphatic heterocycles. The molecule has 0 unspecified atom stereocenters. The van der Waals surface area contributed by atoms with E-state index < -0.39 is 0 Å². The maximum Gasteiger partial charge on any atom is 0.193 e. The van der Waals surface area contributed by atoms with Crippen LogP contribution in [-0.4, -0.2) is 91.8 Å². The van der Waals surface area contributed by atoms with Gasteiger partial charge in [-0.3, -0.25) is 14.6 Å². The average molecular weight is 407 g/mol. The highest BCUT2D eigenvalue weighted by atomic mass is 16.1. The van der Waals surface area contributed by atoms with Crippen molar-refractivity contribution in [3.05, 3.63) is 70.8 Å². The fourth-order valence-electron chi connectivity index (χ4n) is 4.22. The van der Waals surface area contributed by atoms with Crippen LogP contribution in [0.5, 0.6) is 0 Å². The van der Waals surface area contributed by atoms with Crippen LogP contribution in [0.1, 0.15) is 27.0 Å². The normalized spacial score (nSPS) is 19.8. The van der Waals surface area contributed by atoms with Crippen molar-refractivity contribution in [1.29, 1.82) is 0 Å². The van der Waals surface area contributed by atoms with Crippen LogP contribution in [-0.2, 0) is 13.1 Å². The summed E-state index contributed by atoms with van der Waals surface area (Å²) >= 11 is 0. The van der Waals surface area contributed by atoms with Gasteiger partial charge in [-0.2, -0.15) is 0 Å². The summed E-state index contributed by atoms with van der Waals surface area (Å²) < 4.78 is 0. The number of rotatable bonds is 6. The highest BCUT2D eigenvalue weighted by molar-refractivity contribution is 6.08. The summed E-state index contributed by atoms with van der Waals surface area (Å²) in [5, 5.41) is 0. The molecular formula is C25H34N4O. The number of piperazine rings is 2. The van der Waals surface area contributed by atoms with E-state index in [-0.39, 0.29) is 5.78 Å². The lowest BCUT2D eigenvalue weighted by atomic mass is 10.0. The second-order valence-corrected chi connectivity index (χ2v) is 8.88. The molecule has 2 saturated heterocycles. The third-order valence-corrected chi connectivity index (χ3v) is 6.44. The van der Waals surface area contributed by atoms with Gasteiger partial charge in [0.05, 0.1) is 0 Å². The molecule has 0 saturated carbocycles. The highest BCUT2D eigenvalue weighted by Gasteiger charge is 2.16. The molecule has 0 N–H and O–H groups in total. The standard InChI is InChI=1S/C25H34N4O/c1-26-11-15-28(16-12-26)19-21-3-7-23(8-4-21)25(30)24-9-5-22(6-10-24)20-29-17-13-27(2)14-18-29/h3-10H,11-20H2,1-2H3. The molecule has 5 heteroatoms. The SMILES string of the molecule is CN1CCN(Cc2ccc(C(=O)c3ccc(CN4CCN(C)CC4)cc3)cc2)CC1. The Labute approximate surface area is 180 Å². The van der Waals surface area contributed by atoms with Crippen molar-refractivity contribution >= 4 is 5.78 Å². The van der Waals surface area contributed by atoms with E-state index in [4.69, 9.17) is 0 Å². The van der Waals surface area contributed by atoms with Crippen molar-refractivity contribution in [3.8, 4) is 0 Å². The largest absolute Gasteiger partial charge is 0.304 e. The van der Waals surface area contributed by atoms with Crippen LogP contribution in [0.3, 0.4) is 0 Å². The molecule has 2 aromatic carbocycles. The molecule has 160 valence electrons. The van der Waals surface area contributed by atoms with Gasteiger partial charge in [0.1, 0.15) is 0 Å². The average Bonchev–Trinajstić information content (AvgIpc) is 2.77. The Morgan fingerprint density at radius 1 is 0.600 bits per heavy atom.